The zero-order valence-electron chi connectivity index (χ0n) is 12.1. The largest absolute Gasteiger partial charge is 0.497 e. The molecule has 0 saturated carbocycles. The topological polar surface area (TPSA) is 51.3 Å². The van der Waals surface area contributed by atoms with Gasteiger partial charge in [-0.05, 0) is 64.0 Å². The third kappa shape index (κ3) is 2.48. The lowest BCUT2D eigenvalue weighted by Crippen LogP contribution is -2.08. The molecule has 0 aliphatic carbocycles. The molecule has 3 rings (SSSR count). The molecule has 0 bridgehead atoms. The third-order valence-electron chi connectivity index (χ3n) is 3.54. The highest BCUT2D eigenvalue weighted by molar-refractivity contribution is 9.10. The maximum Gasteiger partial charge on any atom is 0.256 e. The van der Waals surface area contributed by atoms with Crippen LogP contribution in [0.25, 0.3) is 22.0 Å². The molecule has 112 valence electrons. The van der Waals surface area contributed by atoms with Crippen LogP contribution in [0.3, 0.4) is 0 Å². The van der Waals surface area contributed by atoms with Gasteiger partial charge in [0.15, 0.2) is 0 Å². The molecular weight excluding hydrogens is 346 g/mol. The van der Waals surface area contributed by atoms with Crippen molar-refractivity contribution in [3.05, 3.63) is 57.3 Å². The number of methoxy groups -OCH3 is 2. The molecule has 0 saturated heterocycles. The summed E-state index contributed by atoms with van der Waals surface area (Å²) in [6.45, 7) is 0. The second kappa shape index (κ2) is 5.85. The number of aromatic amines is 1. The van der Waals surface area contributed by atoms with E-state index in [2.05, 4.69) is 20.9 Å². The monoisotopic (exact) mass is 359 g/mol. The maximum atomic E-state index is 12.4. The molecule has 2 aromatic carbocycles. The Morgan fingerprint density at radius 1 is 0.909 bits per heavy atom. The Kier molecular flexibility index (Phi) is 3.90. The third-order valence-corrected chi connectivity index (χ3v) is 4.37. The SMILES string of the molecule is COc1ccc(-c2[nH]c(=O)c3cc(OC)ccc3c2Br)cc1. The van der Waals surface area contributed by atoms with Gasteiger partial charge in [0.25, 0.3) is 5.56 Å². The number of hydrogen-bond donors (Lipinski definition) is 1. The van der Waals surface area contributed by atoms with Crippen LogP contribution in [-0.2, 0) is 0 Å². The molecule has 0 aliphatic rings. The number of aromatic nitrogens is 1. The second-order valence-electron chi connectivity index (χ2n) is 4.78. The fourth-order valence-corrected chi connectivity index (χ4v) is 3.03. The molecule has 1 N–H and O–H groups in total. The highest BCUT2D eigenvalue weighted by Gasteiger charge is 2.12. The lowest BCUT2D eigenvalue weighted by Gasteiger charge is -2.10. The molecule has 1 aromatic heterocycles. The molecule has 0 atom stereocenters. The van der Waals surface area contributed by atoms with Crippen LogP contribution in [0.2, 0.25) is 0 Å². The van der Waals surface area contributed by atoms with Crippen molar-refractivity contribution in [1.82, 2.24) is 4.98 Å². The van der Waals surface area contributed by atoms with Gasteiger partial charge in [-0.25, -0.2) is 0 Å². The summed E-state index contributed by atoms with van der Waals surface area (Å²) < 4.78 is 11.2. The fraction of sp³-hybridized carbons (Fsp3) is 0.118. The quantitative estimate of drug-likeness (QED) is 0.769. The molecule has 22 heavy (non-hydrogen) atoms. The van der Waals surface area contributed by atoms with Crippen molar-refractivity contribution < 1.29 is 9.47 Å². The van der Waals surface area contributed by atoms with Crippen LogP contribution in [0.15, 0.2) is 51.7 Å². The van der Waals surface area contributed by atoms with Crippen LogP contribution in [-0.4, -0.2) is 19.2 Å². The molecule has 0 radical (unpaired) electrons. The summed E-state index contributed by atoms with van der Waals surface area (Å²) in [5.41, 5.74) is 1.50. The lowest BCUT2D eigenvalue weighted by atomic mass is 10.1. The van der Waals surface area contributed by atoms with Gasteiger partial charge in [0, 0.05) is 9.86 Å². The number of benzene rings is 2. The summed E-state index contributed by atoms with van der Waals surface area (Å²) >= 11 is 3.59. The first kappa shape index (κ1) is 14.7. The van der Waals surface area contributed by atoms with E-state index in [1.165, 1.54) is 0 Å². The van der Waals surface area contributed by atoms with E-state index < -0.39 is 0 Å². The Morgan fingerprint density at radius 2 is 1.55 bits per heavy atom. The predicted octanol–water partition coefficient (Wildman–Crippen LogP) is 3.97. The van der Waals surface area contributed by atoms with Crippen LogP contribution in [0, 0.1) is 0 Å². The maximum absolute atomic E-state index is 12.4. The van der Waals surface area contributed by atoms with Gasteiger partial charge < -0.3 is 14.5 Å². The Labute approximate surface area is 135 Å². The highest BCUT2D eigenvalue weighted by atomic mass is 79.9. The number of halogens is 1. The lowest BCUT2D eigenvalue weighted by molar-refractivity contribution is 0.415. The van der Waals surface area contributed by atoms with Crippen LogP contribution in [0.4, 0.5) is 0 Å². The Bertz CT molecular complexity index is 885. The Balaban J connectivity index is 2.22. The number of hydrogen-bond acceptors (Lipinski definition) is 3. The van der Waals surface area contributed by atoms with Crippen molar-refractivity contribution in [3.8, 4) is 22.8 Å². The van der Waals surface area contributed by atoms with E-state index in [4.69, 9.17) is 9.47 Å². The molecule has 0 spiro atoms. The van der Waals surface area contributed by atoms with Gasteiger partial charge in [-0.1, -0.05) is 0 Å². The summed E-state index contributed by atoms with van der Waals surface area (Å²) in [7, 11) is 3.20. The van der Waals surface area contributed by atoms with E-state index in [1.807, 2.05) is 36.4 Å². The number of ether oxygens (including phenoxy) is 2. The molecule has 5 heteroatoms. The van der Waals surface area contributed by atoms with Gasteiger partial charge in [0.2, 0.25) is 0 Å². The van der Waals surface area contributed by atoms with Crippen LogP contribution in [0.1, 0.15) is 0 Å². The minimum atomic E-state index is -0.150. The van der Waals surface area contributed by atoms with Gasteiger partial charge in [0.1, 0.15) is 11.5 Å². The fourth-order valence-electron chi connectivity index (χ4n) is 2.36. The highest BCUT2D eigenvalue weighted by Crippen LogP contribution is 2.33. The first-order chi connectivity index (χ1) is 10.6. The van der Waals surface area contributed by atoms with E-state index in [0.29, 0.717) is 11.1 Å². The standard InChI is InChI=1S/C17H14BrNO3/c1-21-11-5-3-10(4-6-11)16-15(18)13-8-7-12(22-2)9-14(13)17(20)19-16/h3-9H,1-2H3,(H,19,20). The molecular formula is C17H14BrNO3. The molecule has 1 heterocycles. The summed E-state index contributed by atoms with van der Waals surface area (Å²) in [6.07, 6.45) is 0. The van der Waals surface area contributed by atoms with E-state index >= 15 is 0 Å². The van der Waals surface area contributed by atoms with Crippen molar-refractivity contribution >= 4 is 26.7 Å². The first-order valence-corrected chi connectivity index (χ1v) is 7.47. The normalized spacial score (nSPS) is 10.7. The van der Waals surface area contributed by atoms with E-state index in [0.717, 1.165) is 26.9 Å². The number of fused-ring (bicyclic) bond motifs is 1. The van der Waals surface area contributed by atoms with Gasteiger partial charge in [-0.2, -0.15) is 0 Å². The minimum Gasteiger partial charge on any atom is -0.497 e. The number of rotatable bonds is 3. The first-order valence-electron chi connectivity index (χ1n) is 6.68. The molecule has 4 nitrogen and oxygen atoms in total. The van der Waals surface area contributed by atoms with Crippen molar-refractivity contribution in [2.45, 2.75) is 0 Å². The Hall–Kier alpha value is -2.27. The molecule has 3 aromatic rings. The van der Waals surface area contributed by atoms with Crippen molar-refractivity contribution in [3.63, 3.8) is 0 Å². The molecule has 0 fully saturated rings. The van der Waals surface area contributed by atoms with E-state index in [-0.39, 0.29) is 5.56 Å². The van der Waals surface area contributed by atoms with E-state index in [1.54, 1.807) is 20.3 Å². The summed E-state index contributed by atoms with van der Waals surface area (Å²) in [6, 6.07) is 13.0. The average molecular weight is 360 g/mol. The van der Waals surface area contributed by atoms with Gasteiger partial charge in [-0.3, -0.25) is 4.79 Å². The van der Waals surface area contributed by atoms with Crippen LogP contribution >= 0.6 is 15.9 Å². The summed E-state index contributed by atoms with van der Waals surface area (Å²) in [4.78, 5) is 15.3. The number of nitrogens with one attached hydrogen (secondary N) is 1. The van der Waals surface area contributed by atoms with Crippen molar-refractivity contribution in [2.24, 2.45) is 0 Å². The van der Waals surface area contributed by atoms with Gasteiger partial charge in [0.05, 0.1) is 25.3 Å². The summed E-state index contributed by atoms with van der Waals surface area (Å²) in [5, 5.41) is 1.43. The molecule has 0 amide bonds. The zero-order valence-corrected chi connectivity index (χ0v) is 13.7. The van der Waals surface area contributed by atoms with Crippen LogP contribution < -0.4 is 15.0 Å². The van der Waals surface area contributed by atoms with Gasteiger partial charge >= 0.3 is 0 Å². The van der Waals surface area contributed by atoms with E-state index in [9.17, 15) is 4.79 Å². The van der Waals surface area contributed by atoms with Gasteiger partial charge in [-0.15, -0.1) is 0 Å². The average Bonchev–Trinajstić information content (AvgIpc) is 2.57. The minimum absolute atomic E-state index is 0.150. The molecule has 0 unspecified atom stereocenters. The smallest absolute Gasteiger partial charge is 0.256 e. The number of pyridine rings is 1. The summed E-state index contributed by atoms with van der Waals surface area (Å²) in [5.74, 6) is 1.43. The predicted molar refractivity (Wildman–Crippen MR) is 90.8 cm³/mol. The molecule has 0 aliphatic heterocycles. The van der Waals surface area contributed by atoms with Crippen LogP contribution in [0.5, 0.6) is 11.5 Å². The van der Waals surface area contributed by atoms with Crippen molar-refractivity contribution in [1.29, 1.82) is 0 Å². The second-order valence-corrected chi connectivity index (χ2v) is 5.58. The van der Waals surface area contributed by atoms with Crippen molar-refractivity contribution in [2.75, 3.05) is 14.2 Å². The number of H-pyrrole nitrogens is 1. The Morgan fingerprint density at radius 3 is 2.18 bits per heavy atom. The zero-order chi connectivity index (χ0) is 15.7.